The number of aromatic amines is 2. The first kappa shape index (κ1) is 14.9. The van der Waals surface area contributed by atoms with Gasteiger partial charge in [-0.2, -0.15) is 0 Å². The van der Waals surface area contributed by atoms with Crippen molar-refractivity contribution in [3.05, 3.63) is 71.8 Å². The van der Waals surface area contributed by atoms with Crippen molar-refractivity contribution < 1.29 is 0 Å². The predicted molar refractivity (Wildman–Crippen MR) is 112 cm³/mol. The molecule has 3 aliphatic heterocycles. The van der Waals surface area contributed by atoms with Crippen LogP contribution in [0.3, 0.4) is 0 Å². The summed E-state index contributed by atoms with van der Waals surface area (Å²) >= 11 is 0. The molecule has 5 heterocycles. The summed E-state index contributed by atoms with van der Waals surface area (Å²) in [5.41, 5.74) is 1.90. The number of benzene rings is 1. The fourth-order valence-corrected chi connectivity index (χ4v) is 3.32. The van der Waals surface area contributed by atoms with E-state index in [1.807, 2.05) is 60.7 Å². The molecule has 0 atom stereocenters. The molecule has 0 unspecified atom stereocenters. The van der Waals surface area contributed by atoms with Crippen LogP contribution in [0.15, 0.2) is 80.7 Å². The number of amidine groups is 4. The topological polar surface area (TPSA) is 105 Å². The minimum Gasteiger partial charge on any atom is -0.328 e. The lowest BCUT2D eigenvalue weighted by atomic mass is 10.1. The van der Waals surface area contributed by atoms with Gasteiger partial charge in [-0.1, -0.05) is 24.3 Å². The number of H-pyrrole nitrogens is 2. The summed E-state index contributed by atoms with van der Waals surface area (Å²) in [6.07, 6.45) is 3.75. The minimum atomic E-state index is 0.594. The molecule has 6 rings (SSSR count). The Morgan fingerprint density at radius 3 is 2.14 bits per heavy atom. The average Bonchev–Trinajstić information content (AvgIpc) is 3.47. The Labute approximate surface area is 159 Å². The Morgan fingerprint density at radius 2 is 1.29 bits per heavy atom. The first-order valence-electron chi connectivity index (χ1n) is 8.85. The summed E-state index contributed by atoms with van der Waals surface area (Å²) in [6, 6.07) is 15.7. The lowest BCUT2D eigenvalue weighted by molar-refractivity contribution is 1.29. The Balaban J connectivity index is 1.53. The second-order valence-corrected chi connectivity index (χ2v) is 6.51. The second-order valence-electron chi connectivity index (χ2n) is 6.51. The number of hydrogen-bond donors (Lipinski definition) is 4. The van der Waals surface area contributed by atoms with Gasteiger partial charge in [-0.3, -0.25) is 0 Å². The zero-order valence-corrected chi connectivity index (χ0v) is 14.6. The Kier molecular flexibility index (Phi) is 3.01. The van der Waals surface area contributed by atoms with Crippen molar-refractivity contribution >= 4 is 46.6 Å². The molecule has 0 saturated heterocycles. The molecule has 0 saturated carbocycles. The van der Waals surface area contributed by atoms with Gasteiger partial charge in [0.25, 0.3) is 0 Å². The standard InChI is InChI=1S/C20H14N8/c1-2-4-12-11(3-1)19-26-17-9-7-15(24-17)22-13-5-6-14(21-13)23-16-8-10-18(25-16)27-20(12)28-19/h1-10,21-22,24H,(H,23,25,26,27,28). The molecule has 28 heavy (non-hydrogen) atoms. The van der Waals surface area contributed by atoms with E-state index >= 15 is 0 Å². The van der Waals surface area contributed by atoms with Crippen LogP contribution in [-0.4, -0.2) is 33.3 Å². The molecule has 134 valence electrons. The Bertz CT molecular complexity index is 1260. The zero-order chi connectivity index (χ0) is 18.5. The van der Waals surface area contributed by atoms with Gasteiger partial charge in [0.1, 0.15) is 29.1 Å². The molecular weight excluding hydrogens is 352 g/mol. The number of fused-ring (bicyclic) bond motifs is 9. The van der Waals surface area contributed by atoms with Crippen molar-refractivity contribution in [3.63, 3.8) is 0 Å². The third-order valence-corrected chi connectivity index (χ3v) is 4.58. The molecule has 8 nitrogen and oxygen atoms in total. The molecule has 4 N–H and O–H groups in total. The fraction of sp³-hybridized carbons (Fsp3) is 0. The first-order valence-corrected chi connectivity index (χ1v) is 8.85. The lowest BCUT2D eigenvalue weighted by Gasteiger charge is -2.02. The van der Waals surface area contributed by atoms with Crippen LogP contribution in [-0.2, 0) is 0 Å². The summed E-state index contributed by atoms with van der Waals surface area (Å²) < 4.78 is 0. The van der Waals surface area contributed by atoms with E-state index in [0.717, 1.165) is 28.6 Å². The van der Waals surface area contributed by atoms with E-state index in [9.17, 15) is 0 Å². The van der Waals surface area contributed by atoms with E-state index in [1.165, 1.54) is 0 Å². The monoisotopic (exact) mass is 366 g/mol. The summed E-state index contributed by atoms with van der Waals surface area (Å²) in [7, 11) is 0. The maximum atomic E-state index is 4.69. The maximum absolute atomic E-state index is 4.69. The summed E-state index contributed by atoms with van der Waals surface area (Å²) in [5.74, 6) is 5.75. The van der Waals surface area contributed by atoms with Gasteiger partial charge in [0.2, 0.25) is 0 Å². The molecule has 0 fully saturated rings. The molecule has 8 heteroatoms. The minimum absolute atomic E-state index is 0.594. The summed E-state index contributed by atoms with van der Waals surface area (Å²) in [5, 5.41) is 6.54. The Hall–Kier alpha value is -4.20. The van der Waals surface area contributed by atoms with Gasteiger partial charge in [0.05, 0.1) is 0 Å². The van der Waals surface area contributed by atoms with Gasteiger partial charge in [0.15, 0.2) is 17.5 Å². The van der Waals surface area contributed by atoms with Crippen LogP contribution in [0, 0.1) is 0 Å². The van der Waals surface area contributed by atoms with Gasteiger partial charge < -0.3 is 20.6 Å². The number of nitrogens with one attached hydrogen (secondary N) is 4. The van der Waals surface area contributed by atoms with Crippen LogP contribution in [0.1, 0.15) is 11.1 Å². The van der Waals surface area contributed by atoms with Crippen LogP contribution in [0.25, 0.3) is 0 Å². The van der Waals surface area contributed by atoms with E-state index in [-0.39, 0.29) is 0 Å². The lowest BCUT2D eigenvalue weighted by Crippen LogP contribution is -2.07. The Morgan fingerprint density at radius 1 is 0.571 bits per heavy atom. The van der Waals surface area contributed by atoms with Crippen LogP contribution in [0.4, 0.5) is 23.3 Å². The fourth-order valence-electron chi connectivity index (χ4n) is 3.32. The average molecular weight is 366 g/mol. The SMILES string of the molecule is C1=CC2=NC1=NC1=NC(=Nc3ccc([nH]3)Nc3ccc([nH]3)N2)c2ccccc21. The van der Waals surface area contributed by atoms with E-state index < -0.39 is 0 Å². The maximum Gasteiger partial charge on any atom is 0.164 e. The highest BCUT2D eigenvalue weighted by molar-refractivity contribution is 6.27. The van der Waals surface area contributed by atoms with Gasteiger partial charge >= 0.3 is 0 Å². The summed E-state index contributed by atoms with van der Waals surface area (Å²) in [6.45, 7) is 0. The highest BCUT2D eigenvalue weighted by Gasteiger charge is 2.22. The van der Waals surface area contributed by atoms with Crippen molar-refractivity contribution in [1.82, 2.24) is 9.97 Å². The van der Waals surface area contributed by atoms with E-state index in [1.54, 1.807) is 0 Å². The largest absolute Gasteiger partial charge is 0.328 e. The van der Waals surface area contributed by atoms with Gasteiger partial charge in [-0.05, 0) is 36.4 Å². The molecule has 1 aromatic carbocycles. The van der Waals surface area contributed by atoms with Gasteiger partial charge in [0, 0.05) is 11.1 Å². The molecule has 0 spiro atoms. The number of hydrogen-bond acceptors (Lipinski definition) is 6. The number of aromatic nitrogens is 2. The van der Waals surface area contributed by atoms with Crippen molar-refractivity contribution in [3.8, 4) is 0 Å². The smallest absolute Gasteiger partial charge is 0.164 e. The highest BCUT2D eigenvalue weighted by Crippen LogP contribution is 2.26. The van der Waals surface area contributed by atoms with Crippen molar-refractivity contribution in [2.24, 2.45) is 20.0 Å². The first-order chi connectivity index (χ1) is 13.8. The highest BCUT2D eigenvalue weighted by atomic mass is 15.2. The molecule has 0 aliphatic carbocycles. The van der Waals surface area contributed by atoms with Crippen molar-refractivity contribution in [2.45, 2.75) is 0 Å². The number of anilines is 3. The number of aliphatic imine (C=N–C) groups is 4. The van der Waals surface area contributed by atoms with E-state index in [4.69, 9.17) is 0 Å². The van der Waals surface area contributed by atoms with Crippen LogP contribution in [0.2, 0.25) is 0 Å². The zero-order valence-electron chi connectivity index (χ0n) is 14.6. The predicted octanol–water partition coefficient (Wildman–Crippen LogP) is 3.72. The van der Waals surface area contributed by atoms with Crippen molar-refractivity contribution in [1.29, 1.82) is 0 Å². The van der Waals surface area contributed by atoms with Crippen molar-refractivity contribution in [2.75, 3.05) is 10.6 Å². The number of nitrogens with zero attached hydrogens (tertiary/aromatic N) is 4. The molecule has 0 radical (unpaired) electrons. The molecule has 2 aromatic heterocycles. The molecule has 0 amide bonds. The van der Waals surface area contributed by atoms with E-state index in [0.29, 0.717) is 29.2 Å². The van der Waals surface area contributed by atoms with Crippen LogP contribution >= 0.6 is 0 Å². The van der Waals surface area contributed by atoms with E-state index in [2.05, 4.69) is 40.6 Å². The van der Waals surface area contributed by atoms with Crippen LogP contribution < -0.4 is 10.6 Å². The van der Waals surface area contributed by atoms with Gasteiger partial charge in [-0.15, -0.1) is 0 Å². The van der Waals surface area contributed by atoms with Crippen LogP contribution in [0.5, 0.6) is 0 Å². The second kappa shape index (κ2) is 5.65. The molecule has 3 aromatic rings. The summed E-state index contributed by atoms with van der Waals surface area (Å²) in [4.78, 5) is 25.0. The molecule has 8 bridgehead atoms. The normalized spacial score (nSPS) is 16.4. The third kappa shape index (κ3) is 2.47. The number of rotatable bonds is 0. The molecular formula is C20H14N8. The molecule has 3 aliphatic rings. The van der Waals surface area contributed by atoms with Gasteiger partial charge in [-0.25, -0.2) is 20.0 Å². The quantitative estimate of drug-likeness (QED) is 0.487. The third-order valence-electron chi connectivity index (χ3n) is 4.58.